The Labute approximate surface area is 191 Å². The van der Waals surface area contributed by atoms with Crippen molar-refractivity contribution in [2.45, 2.75) is 90.4 Å². The minimum Gasteiger partial charge on any atom is -0.379 e. The van der Waals surface area contributed by atoms with E-state index < -0.39 is 0 Å². The van der Waals surface area contributed by atoms with Crippen molar-refractivity contribution in [2.75, 3.05) is 39.5 Å². The Balaban J connectivity index is 3.31. The van der Waals surface area contributed by atoms with Gasteiger partial charge in [-0.25, -0.2) is 0 Å². The van der Waals surface area contributed by atoms with Crippen LogP contribution in [0.2, 0.25) is 0 Å². The number of hydrogen-bond acceptors (Lipinski definition) is 5. The van der Waals surface area contributed by atoms with Crippen LogP contribution in [0.4, 0.5) is 0 Å². The first kappa shape index (κ1) is 30.0. The molecule has 2 amide bonds. The highest BCUT2D eigenvalue weighted by atomic mass is 31.0. The van der Waals surface area contributed by atoms with Crippen molar-refractivity contribution in [1.82, 2.24) is 10.6 Å². The fraction of sp³-hybridized carbons (Fsp3) is 0.870. The average molecular weight is 461 g/mol. The van der Waals surface area contributed by atoms with E-state index >= 15 is 0 Å². The summed E-state index contributed by atoms with van der Waals surface area (Å²) in [7, 11) is 2.11. The molecule has 8 heteroatoms. The largest absolute Gasteiger partial charge is 0.379 e. The predicted molar refractivity (Wildman–Crippen MR) is 128 cm³/mol. The Morgan fingerprint density at radius 3 is 1.74 bits per heavy atom. The van der Waals surface area contributed by atoms with Gasteiger partial charge in [0.25, 0.3) is 0 Å². The van der Waals surface area contributed by atoms with E-state index in [2.05, 4.69) is 26.8 Å². The summed E-state index contributed by atoms with van der Waals surface area (Å²) in [5.41, 5.74) is 0.0296. The number of hydrogen-bond donors (Lipinski definition) is 2. The minimum atomic E-state index is -0.0352. The maximum atomic E-state index is 11.8. The summed E-state index contributed by atoms with van der Waals surface area (Å²) in [6.07, 6.45) is 13.2. The molecule has 0 saturated carbocycles. The van der Waals surface area contributed by atoms with E-state index in [0.717, 1.165) is 12.8 Å². The molecular formula is C23H45N2O5P. The number of carbonyl (C=O) groups is 3. The normalized spacial score (nSPS) is 10.8. The van der Waals surface area contributed by atoms with Crippen LogP contribution in [0.3, 0.4) is 0 Å². The molecule has 182 valence electrons. The van der Waals surface area contributed by atoms with Crippen molar-refractivity contribution in [3.8, 4) is 0 Å². The van der Waals surface area contributed by atoms with Crippen molar-refractivity contribution < 1.29 is 23.9 Å². The lowest BCUT2D eigenvalue weighted by molar-refractivity contribution is -0.123. The van der Waals surface area contributed by atoms with Gasteiger partial charge in [-0.2, -0.15) is 0 Å². The highest BCUT2D eigenvalue weighted by molar-refractivity contribution is 7.40. The fourth-order valence-corrected chi connectivity index (χ4v) is 3.12. The van der Waals surface area contributed by atoms with Crippen molar-refractivity contribution in [3.05, 3.63) is 0 Å². The van der Waals surface area contributed by atoms with Gasteiger partial charge in [0.2, 0.25) is 11.8 Å². The summed E-state index contributed by atoms with van der Waals surface area (Å²) in [4.78, 5) is 34.3. The van der Waals surface area contributed by atoms with E-state index in [9.17, 15) is 14.4 Å². The Morgan fingerprint density at radius 1 is 0.613 bits per heavy atom. The van der Waals surface area contributed by atoms with Gasteiger partial charge < -0.3 is 20.1 Å². The number of ether oxygens (including phenoxy) is 2. The van der Waals surface area contributed by atoms with Gasteiger partial charge in [0.05, 0.1) is 26.4 Å². The van der Waals surface area contributed by atoms with Crippen molar-refractivity contribution in [3.63, 3.8) is 0 Å². The molecule has 0 bridgehead atoms. The zero-order chi connectivity index (χ0) is 23.0. The van der Waals surface area contributed by atoms with Gasteiger partial charge in [0, 0.05) is 32.4 Å². The van der Waals surface area contributed by atoms with E-state index in [0.29, 0.717) is 65.2 Å². The smallest absolute Gasteiger partial charge is 0.220 e. The molecule has 0 aromatic rings. The van der Waals surface area contributed by atoms with Gasteiger partial charge in [-0.05, 0) is 12.8 Å². The summed E-state index contributed by atoms with van der Waals surface area (Å²) < 4.78 is 10.6. The molecule has 0 spiro atoms. The summed E-state index contributed by atoms with van der Waals surface area (Å²) in [5.74, 6) is 0.0491. The van der Waals surface area contributed by atoms with Crippen LogP contribution in [0.5, 0.6) is 0 Å². The number of rotatable bonds is 23. The molecule has 1 atom stereocenters. The van der Waals surface area contributed by atoms with E-state index in [1.807, 2.05) is 0 Å². The van der Waals surface area contributed by atoms with Gasteiger partial charge in [0.1, 0.15) is 0 Å². The predicted octanol–water partition coefficient (Wildman–Crippen LogP) is 3.74. The van der Waals surface area contributed by atoms with Gasteiger partial charge >= 0.3 is 0 Å². The minimum absolute atomic E-state index is 0.0296. The van der Waals surface area contributed by atoms with Crippen LogP contribution in [-0.2, 0) is 23.9 Å². The molecule has 31 heavy (non-hydrogen) atoms. The topological polar surface area (TPSA) is 93.7 Å². The molecule has 0 aliphatic carbocycles. The zero-order valence-electron chi connectivity index (χ0n) is 19.6. The highest BCUT2D eigenvalue weighted by Crippen LogP contribution is 2.10. The lowest BCUT2D eigenvalue weighted by atomic mass is 10.1. The molecular weight excluding hydrogens is 415 g/mol. The van der Waals surface area contributed by atoms with Crippen molar-refractivity contribution >= 4 is 26.6 Å². The van der Waals surface area contributed by atoms with Crippen molar-refractivity contribution in [2.24, 2.45) is 0 Å². The third-order valence-corrected chi connectivity index (χ3v) is 5.13. The standard InChI is InChI=1S/C23H45N2O5P/c1-2-3-4-5-6-7-8-9-10-12-21(26)24-15-11-13-22(27)25-16-18-30-20-19-29-17-14-23(28)31/h2-20,31H2,1H3,(H,24,26)(H,25,27). The number of amides is 2. The summed E-state index contributed by atoms with van der Waals surface area (Å²) in [6, 6.07) is 0. The molecule has 2 N–H and O–H groups in total. The van der Waals surface area contributed by atoms with Gasteiger partial charge in [-0.1, -0.05) is 67.5 Å². The van der Waals surface area contributed by atoms with Crippen LogP contribution in [-0.4, -0.2) is 56.9 Å². The average Bonchev–Trinajstić information content (AvgIpc) is 2.74. The van der Waals surface area contributed by atoms with Crippen LogP contribution in [0.25, 0.3) is 0 Å². The van der Waals surface area contributed by atoms with Gasteiger partial charge in [0.15, 0.2) is 5.52 Å². The van der Waals surface area contributed by atoms with Gasteiger partial charge in [-0.15, -0.1) is 0 Å². The van der Waals surface area contributed by atoms with E-state index in [1.165, 1.54) is 44.9 Å². The van der Waals surface area contributed by atoms with Crippen LogP contribution >= 0.6 is 9.24 Å². The van der Waals surface area contributed by atoms with Crippen LogP contribution in [0.1, 0.15) is 90.4 Å². The molecule has 0 aliphatic rings. The molecule has 0 saturated heterocycles. The second kappa shape index (κ2) is 23.6. The number of unbranched alkanes of at least 4 members (excludes halogenated alkanes) is 8. The maximum Gasteiger partial charge on any atom is 0.220 e. The van der Waals surface area contributed by atoms with E-state index in [4.69, 9.17) is 9.47 Å². The Hall–Kier alpha value is -1.04. The van der Waals surface area contributed by atoms with Crippen LogP contribution in [0.15, 0.2) is 0 Å². The molecule has 0 heterocycles. The molecule has 0 rings (SSSR count). The monoisotopic (exact) mass is 460 g/mol. The molecule has 0 aromatic carbocycles. The summed E-state index contributed by atoms with van der Waals surface area (Å²) in [6.45, 7) is 4.92. The lowest BCUT2D eigenvalue weighted by Gasteiger charge is -2.08. The zero-order valence-corrected chi connectivity index (χ0v) is 20.7. The first-order valence-corrected chi connectivity index (χ1v) is 12.6. The molecule has 0 aromatic heterocycles. The fourth-order valence-electron chi connectivity index (χ4n) is 3.01. The SMILES string of the molecule is CCCCCCCCCCCC(=O)NCCCC(=O)NCCOCCOCCC(=O)P. The number of carbonyl (C=O) groups excluding carboxylic acids is 3. The van der Waals surface area contributed by atoms with Gasteiger partial charge in [-0.3, -0.25) is 14.4 Å². The highest BCUT2D eigenvalue weighted by Gasteiger charge is 2.03. The molecule has 1 unspecified atom stereocenters. The third-order valence-electron chi connectivity index (χ3n) is 4.84. The lowest BCUT2D eigenvalue weighted by Crippen LogP contribution is -2.29. The van der Waals surface area contributed by atoms with E-state index in [-0.39, 0.29) is 17.3 Å². The Bertz CT molecular complexity index is 463. The number of nitrogens with one attached hydrogen (secondary N) is 2. The second-order valence-electron chi connectivity index (χ2n) is 7.82. The van der Waals surface area contributed by atoms with E-state index in [1.54, 1.807) is 0 Å². The third kappa shape index (κ3) is 25.1. The Morgan fingerprint density at radius 2 is 1.13 bits per heavy atom. The van der Waals surface area contributed by atoms with Crippen LogP contribution in [0, 0.1) is 0 Å². The second-order valence-corrected chi connectivity index (χ2v) is 8.47. The maximum absolute atomic E-state index is 11.8. The first-order valence-electron chi connectivity index (χ1n) is 12.0. The molecule has 7 nitrogen and oxygen atoms in total. The summed E-state index contributed by atoms with van der Waals surface area (Å²) in [5, 5.41) is 5.68. The first-order chi connectivity index (χ1) is 15.1. The summed E-state index contributed by atoms with van der Waals surface area (Å²) >= 11 is 0. The molecule has 0 fully saturated rings. The van der Waals surface area contributed by atoms with Crippen molar-refractivity contribution in [1.29, 1.82) is 0 Å². The molecule has 0 radical (unpaired) electrons. The molecule has 0 aliphatic heterocycles. The Kier molecular flexibility index (Phi) is 22.8. The van der Waals surface area contributed by atoms with Crippen LogP contribution < -0.4 is 10.6 Å². The quantitative estimate of drug-likeness (QED) is 0.179.